The third-order valence-corrected chi connectivity index (χ3v) is 5.46. The molecule has 1 aliphatic rings. The number of hydrogen-bond acceptors (Lipinski definition) is 6. The first-order chi connectivity index (χ1) is 15.0. The van der Waals surface area contributed by atoms with Crippen LogP contribution in [0.4, 0.5) is 0 Å². The Bertz CT molecular complexity index is 816. The van der Waals surface area contributed by atoms with Crippen LogP contribution in [0.5, 0.6) is 0 Å². The molecule has 3 rings (SSSR count). The molecule has 0 amide bonds. The summed E-state index contributed by atoms with van der Waals surface area (Å²) >= 11 is 5.93. The Hall–Kier alpha value is -2.16. The van der Waals surface area contributed by atoms with E-state index in [9.17, 15) is 0 Å². The average Bonchev–Trinajstić information content (AvgIpc) is 3.23. The van der Waals surface area contributed by atoms with Gasteiger partial charge in [-0.2, -0.15) is 4.98 Å². The number of aromatic nitrogens is 2. The molecule has 1 aromatic heterocycles. The highest BCUT2D eigenvalue weighted by atomic mass is 35.5. The highest BCUT2D eigenvalue weighted by Gasteiger charge is 2.20. The van der Waals surface area contributed by atoms with Gasteiger partial charge in [-0.25, -0.2) is 0 Å². The molecular formula is C22H33ClN6O2. The number of guanidine groups is 1. The summed E-state index contributed by atoms with van der Waals surface area (Å²) in [4.78, 5) is 11.3. The van der Waals surface area contributed by atoms with Crippen molar-refractivity contribution in [1.82, 2.24) is 25.7 Å². The van der Waals surface area contributed by atoms with Gasteiger partial charge in [0.25, 0.3) is 0 Å². The van der Waals surface area contributed by atoms with Crippen LogP contribution < -0.4 is 10.6 Å². The highest BCUT2D eigenvalue weighted by molar-refractivity contribution is 6.30. The molecule has 8 nitrogen and oxygen atoms in total. The minimum absolute atomic E-state index is 0.296. The van der Waals surface area contributed by atoms with E-state index in [0.29, 0.717) is 41.8 Å². The van der Waals surface area contributed by atoms with Crippen LogP contribution >= 0.6 is 11.6 Å². The fourth-order valence-electron chi connectivity index (χ4n) is 3.47. The fourth-order valence-corrected chi connectivity index (χ4v) is 3.59. The van der Waals surface area contributed by atoms with E-state index in [2.05, 4.69) is 44.5 Å². The van der Waals surface area contributed by atoms with Gasteiger partial charge in [-0.15, -0.1) is 0 Å². The van der Waals surface area contributed by atoms with Crippen molar-refractivity contribution < 1.29 is 9.26 Å². The number of ether oxygens (including phenoxy) is 1. The second-order valence-electron chi connectivity index (χ2n) is 7.95. The van der Waals surface area contributed by atoms with Gasteiger partial charge in [0.05, 0.1) is 12.7 Å². The standard InChI is InChI=1S/C22H33ClN6O2/c1-16(2)30-15-14-29-12-9-19(10-13-29)26-22(24-3)25-11-8-20-27-21(28-31-20)17-4-6-18(23)7-5-17/h4-7,16,19H,8-15H2,1-3H3,(H2,24,25,26). The van der Waals surface area contributed by atoms with E-state index in [1.165, 1.54) is 0 Å². The molecule has 0 atom stereocenters. The normalized spacial score (nSPS) is 16.1. The van der Waals surface area contributed by atoms with Crippen LogP contribution in [-0.4, -0.2) is 73.0 Å². The lowest BCUT2D eigenvalue weighted by atomic mass is 10.1. The minimum atomic E-state index is 0.296. The molecule has 31 heavy (non-hydrogen) atoms. The van der Waals surface area contributed by atoms with Crippen molar-refractivity contribution in [3.8, 4) is 11.4 Å². The Morgan fingerprint density at radius 3 is 2.71 bits per heavy atom. The molecule has 1 aliphatic heterocycles. The summed E-state index contributed by atoms with van der Waals surface area (Å²) in [6, 6.07) is 7.81. The molecule has 9 heteroatoms. The van der Waals surface area contributed by atoms with Crippen LogP contribution in [0.1, 0.15) is 32.6 Å². The van der Waals surface area contributed by atoms with Crippen molar-refractivity contribution >= 4 is 17.6 Å². The number of piperidine rings is 1. The Morgan fingerprint density at radius 2 is 2.03 bits per heavy atom. The minimum Gasteiger partial charge on any atom is -0.377 e. The maximum atomic E-state index is 5.93. The predicted octanol–water partition coefficient (Wildman–Crippen LogP) is 2.99. The van der Waals surface area contributed by atoms with Gasteiger partial charge in [0.15, 0.2) is 5.96 Å². The number of nitrogens with one attached hydrogen (secondary N) is 2. The maximum Gasteiger partial charge on any atom is 0.228 e. The zero-order chi connectivity index (χ0) is 22.1. The van der Waals surface area contributed by atoms with Crippen molar-refractivity contribution in [2.45, 2.75) is 45.3 Å². The lowest BCUT2D eigenvalue weighted by Gasteiger charge is -2.33. The predicted molar refractivity (Wildman–Crippen MR) is 123 cm³/mol. The Labute approximate surface area is 189 Å². The van der Waals surface area contributed by atoms with Gasteiger partial charge < -0.3 is 24.8 Å². The van der Waals surface area contributed by atoms with Crippen molar-refractivity contribution in [3.05, 3.63) is 35.2 Å². The number of aliphatic imine (C=N–C) groups is 1. The summed E-state index contributed by atoms with van der Waals surface area (Å²) in [5, 5.41) is 11.6. The van der Waals surface area contributed by atoms with Crippen molar-refractivity contribution in [1.29, 1.82) is 0 Å². The third kappa shape index (κ3) is 7.79. The van der Waals surface area contributed by atoms with Crippen LogP contribution in [0.3, 0.4) is 0 Å². The monoisotopic (exact) mass is 448 g/mol. The summed E-state index contributed by atoms with van der Waals surface area (Å²) in [7, 11) is 1.79. The smallest absolute Gasteiger partial charge is 0.228 e. The van der Waals surface area contributed by atoms with Crippen LogP contribution in [0.25, 0.3) is 11.4 Å². The van der Waals surface area contributed by atoms with Gasteiger partial charge in [-0.1, -0.05) is 16.8 Å². The van der Waals surface area contributed by atoms with E-state index in [1.54, 1.807) is 7.05 Å². The molecule has 170 valence electrons. The summed E-state index contributed by atoms with van der Waals surface area (Å²) in [5.41, 5.74) is 0.881. The lowest BCUT2D eigenvalue weighted by Crippen LogP contribution is -2.49. The topological polar surface area (TPSA) is 87.8 Å². The second-order valence-corrected chi connectivity index (χ2v) is 8.38. The largest absolute Gasteiger partial charge is 0.377 e. The van der Waals surface area contributed by atoms with E-state index in [4.69, 9.17) is 20.9 Å². The second kappa shape index (κ2) is 12.0. The molecule has 0 radical (unpaired) electrons. The zero-order valence-electron chi connectivity index (χ0n) is 18.6. The highest BCUT2D eigenvalue weighted by Crippen LogP contribution is 2.18. The Balaban J connectivity index is 1.36. The van der Waals surface area contributed by atoms with E-state index in [-0.39, 0.29) is 0 Å². The fraction of sp³-hybridized carbons (Fsp3) is 0.591. The van der Waals surface area contributed by atoms with Crippen molar-refractivity contribution in [2.75, 3.05) is 39.8 Å². The van der Waals surface area contributed by atoms with Gasteiger partial charge >= 0.3 is 0 Å². The van der Waals surface area contributed by atoms with Crippen molar-refractivity contribution in [3.63, 3.8) is 0 Å². The third-order valence-electron chi connectivity index (χ3n) is 5.21. The molecule has 2 N–H and O–H groups in total. The molecule has 0 unspecified atom stereocenters. The Morgan fingerprint density at radius 1 is 1.29 bits per heavy atom. The summed E-state index contributed by atoms with van der Waals surface area (Å²) in [6.07, 6.45) is 3.10. The molecule has 0 bridgehead atoms. The lowest BCUT2D eigenvalue weighted by molar-refractivity contribution is 0.0532. The quantitative estimate of drug-likeness (QED) is 0.450. The molecular weight excluding hydrogens is 416 g/mol. The molecule has 0 spiro atoms. The van der Waals surface area contributed by atoms with Crippen LogP contribution in [-0.2, 0) is 11.2 Å². The average molecular weight is 449 g/mol. The van der Waals surface area contributed by atoms with Crippen LogP contribution in [0.15, 0.2) is 33.8 Å². The first kappa shape index (κ1) is 23.5. The van der Waals surface area contributed by atoms with E-state index in [1.807, 2.05) is 24.3 Å². The van der Waals surface area contributed by atoms with Gasteiger partial charge in [0.1, 0.15) is 0 Å². The van der Waals surface area contributed by atoms with Gasteiger partial charge in [0.2, 0.25) is 11.7 Å². The summed E-state index contributed by atoms with van der Waals surface area (Å²) < 4.78 is 11.0. The van der Waals surface area contributed by atoms with Crippen molar-refractivity contribution in [2.24, 2.45) is 4.99 Å². The Kier molecular flexibility index (Phi) is 9.12. The number of nitrogens with zero attached hydrogens (tertiary/aromatic N) is 4. The maximum absolute atomic E-state index is 5.93. The number of benzene rings is 1. The first-order valence-corrected chi connectivity index (χ1v) is 11.3. The molecule has 1 fully saturated rings. The summed E-state index contributed by atoms with van der Waals surface area (Å²) in [5.74, 6) is 1.96. The van der Waals surface area contributed by atoms with Gasteiger partial charge in [0, 0.05) is 56.3 Å². The molecule has 0 aliphatic carbocycles. The van der Waals surface area contributed by atoms with Gasteiger partial charge in [-0.3, -0.25) is 4.99 Å². The number of rotatable bonds is 9. The van der Waals surface area contributed by atoms with E-state index < -0.39 is 0 Å². The number of hydrogen-bond donors (Lipinski definition) is 2. The number of likely N-dealkylation sites (tertiary alicyclic amines) is 1. The van der Waals surface area contributed by atoms with Crippen LogP contribution in [0.2, 0.25) is 5.02 Å². The zero-order valence-corrected chi connectivity index (χ0v) is 19.4. The first-order valence-electron chi connectivity index (χ1n) is 10.9. The molecule has 0 saturated carbocycles. The molecule has 2 aromatic rings. The van der Waals surface area contributed by atoms with E-state index >= 15 is 0 Å². The molecule has 1 saturated heterocycles. The van der Waals surface area contributed by atoms with Gasteiger partial charge in [-0.05, 0) is 51.0 Å². The summed E-state index contributed by atoms with van der Waals surface area (Å²) in [6.45, 7) is 8.76. The SMILES string of the molecule is CN=C(NCCc1nc(-c2ccc(Cl)cc2)no1)NC1CCN(CCOC(C)C)CC1. The van der Waals surface area contributed by atoms with E-state index in [0.717, 1.165) is 50.6 Å². The number of halogens is 1. The molecule has 2 heterocycles. The van der Waals surface area contributed by atoms with Crippen LogP contribution in [0, 0.1) is 0 Å². The molecule has 1 aromatic carbocycles.